The third-order valence-corrected chi connectivity index (χ3v) is 9.50. The van der Waals surface area contributed by atoms with Crippen molar-refractivity contribution in [1.82, 2.24) is 0 Å². The molecule has 1 saturated heterocycles. The average Bonchev–Trinajstić information content (AvgIpc) is 3.00. The largest absolute Gasteiger partial charge is 0.432 e. The Labute approximate surface area is 249 Å². The van der Waals surface area contributed by atoms with E-state index in [4.69, 9.17) is 9.47 Å². The zero-order valence-corrected chi connectivity index (χ0v) is 24.5. The van der Waals surface area contributed by atoms with E-state index in [-0.39, 0.29) is 18.8 Å². The third kappa shape index (κ3) is 7.77. The van der Waals surface area contributed by atoms with Crippen LogP contribution >= 0.6 is 0 Å². The van der Waals surface area contributed by atoms with Crippen LogP contribution in [0.3, 0.4) is 0 Å². The van der Waals surface area contributed by atoms with Gasteiger partial charge in [0.2, 0.25) is 0 Å². The smallest absolute Gasteiger partial charge is 0.400 e. The van der Waals surface area contributed by atoms with Crippen LogP contribution in [0.15, 0.2) is 42.5 Å². The minimum atomic E-state index is -3.72. The van der Waals surface area contributed by atoms with E-state index in [1.54, 1.807) is 12.1 Å². The van der Waals surface area contributed by atoms with Crippen LogP contribution in [0.4, 0.5) is 26.3 Å². The summed E-state index contributed by atoms with van der Waals surface area (Å²) in [7, 11) is 0. The first-order valence-electron chi connectivity index (χ1n) is 15.5. The average molecular weight is 611 g/mol. The second-order valence-electron chi connectivity index (χ2n) is 12.3. The highest BCUT2D eigenvalue weighted by atomic mass is 19.3. The number of allylic oxidation sites excluding steroid dienone is 2. The molecule has 0 radical (unpaired) electrons. The monoisotopic (exact) mass is 610 g/mol. The Hall–Kier alpha value is -2.52. The number of rotatable bonds is 9. The predicted molar refractivity (Wildman–Crippen MR) is 151 cm³/mol. The van der Waals surface area contributed by atoms with Crippen molar-refractivity contribution < 1.29 is 40.6 Å². The standard InChI is InChI=1S/C34H40F6O3/c1-2-3-4-5-21-6-8-22(9-7-21)25-19-41-33(42-20-25)24-12-15-28(29(35)16-24)23-10-13-26(14-11-23)34(39,40)43-27-17-30(36)32(38)31(37)18-27/h3-4,12,15-18,21-23,25-26,33H,2,5-11,13-14,19-20H2,1H3/b4-3-. The fourth-order valence-corrected chi connectivity index (χ4v) is 6.93. The summed E-state index contributed by atoms with van der Waals surface area (Å²) in [4.78, 5) is 0. The van der Waals surface area contributed by atoms with Crippen LogP contribution in [0.1, 0.15) is 94.5 Å². The molecule has 0 bridgehead atoms. The Morgan fingerprint density at radius 1 is 0.791 bits per heavy atom. The topological polar surface area (TPSA) is 27.7 Å². The normalized spacial score (nSPS) is 28.7. The minimum absolute atomic E-state index is 0.0264. The molecule has 2 saturated carbocycles. The maximum absolute atomic E-state index is 15.2. The van der Waals surface area contributed by atoms with E-state index >= 15 is 4.39 Å². The molecule has 3 aliphatic rings. The highest BCUT2D eigenvalue weighted by Gasteiger charge is 2.44. The van der Waals surface area contributed by atoms with E-state index in [1.807, 2.05) is 0 Å². The van der Waals surface area contributed by atoms with Crippen molar-refractivity contribution in [3.05, 3.63) is 76.9 Å². The number of hydrogen-bond acceptors (Lipinski definition) is 3. The Balaban J connectivity index is 1.10. The van der Waals surface area contributed by atoms with E-state index < -0.39 is 47.3 Å². The van der Waals surface area contributed by atoms with Crippen molar-refractivity contribution in [2.75, 3.05) is 13.2 Å². The molecule has 2 aromatic rings. The van der Waals surface area contributed by atoms with Crippen LogP contribution in [-0.2, 0) is 9.47 Å². The fraction of sp³-hybridized carbons (Fsp3) is 0.588. The first-order chi connectivity index (χ1) is 20.6. The van der Waals surface area contributed by atoms with Crippen molar-refractivity contribution in [3.63, 3.8) is 0 Å². The van der Waals surface area contributed by atoms with E-state index in [0.717, 1.165) is 18.8 Å². The second kappa shape index (κ2) is 14.1. The quantitative estimate of drug-likeness (QED) is 0.161. The molecule has 3 nitrogen and oxygen atoms in total. The number of ether oxygens (including phenoxy) is 3. The van der Waals surface area contributed by atoms with Gasteiger partial charge in [-0.1, -0.05) is 31.2 Å². The van der Waals surface area contributed by atoms with Gasteiger partial charge in [-0.25, -0.2) is 17.6 Å². The van der Waals surface area contributed by atoms with Gasteiger partial charge in [0, 0.05) is 23.6 Å². The lowest BCUT2D eigenvalue weighted by Gasteiger charge is -2.38. The first-order valence-corrected chi connectivity index (χ1v) is 15.5. The number of hydrogen-bond donors (Lipinski definition) is 0. The molecule has 9 heteroatoms. The summed E-state index contributed by atoms with van der Waals surface area (Å²) in [6.07, 6.45) is 7.88. The summed E-state index contributed by atoms with van der Waals surface area (Å²) in [5.41, 5.74) is 1.05. The van der Waals surface area contributed by atoms with E-state index in [9.17, 15) is 22.0 Å². The lowest BCUT2D eigenvalue weighted by Crippen LogP contribution is -2.37. The van der Waals surface area contributed by atoms with Gasteiger partial charge in [-0.15, -0.1) is 0 Å². The highest BCUT2D eigenvalue weighted by molar-refractivity contribution is 5.29. The van der Waals surface area contributed by atoms with Crippen LogP contribution in [0.2, 0.25) is 0 Å². The molecular formula is C34H40F6O3. The molecule has 0 aromatic heterocycles. The zero-order valence-electron chi connectivity index (χ0n) is 24.5. The molecule has 0 unspecified atom stereocenters. The van der Waals surface area contributed by atoms with Crippen molar-refractivity contribution >= 4 is 0 Å². The van der Waals surface area contributed by atoms with Gasteiger partial charge in [0.25, 0.3) is 0 Å². The van der Waals surface area contributed by atoms with Gasteiger partial charge in [-0.05, 0) is 93.6 Å². The molecule has 1 aliphatic heterocycles. The summed E-state index contributed by atoms with van der Waals surface area (Å²) in [6.45, 7) is 3.31. The lowest BCUT2D eigenvalue weighted by atomic mass is 9.75. The molecular weight excluding hydrogens is 570 g/mol. The Morgan fingerprint density at radius 2 is 1.44 bits per heavy atom. The summed E-state index contributed by atoms with van der Waals surface area (Å²) in [6, 6.07) is 5.67. The summed E-state index contributed by atoms with van der Waals surface area (Å²) >= 11 is 0. The Morgan fingerprint density at radius 3 is 2.05 bits per heavy atom. The number of benzene rings is 2. The van der Waals surface area contributed by atoms with Gasteiger partial charge in [0.15, 0.2) is 23.7 Å². The van der Waals surface area contributed by atoms with Crippen molar-refractivity contribution in [3.8, 4) is 5.75 Å². The van der Waals surface area contributed by atoms with Gasteiger partial charge in [-0.2, -0.15) is 8.78 Å². The van der Waals surface area contributed by atoms with Crippen LogP contribution in [-0.4, -0.2) is 19.3 Å². The molecule has 2 aliphatic carbocycles. The van der Waals surface area contributed by atoms with Gasteiger partial charge < -0.3 is 14.2 Å². The van der Waals surface area contributed by atoms with Crippen LogP contribution in [0.5, 0.6) is 5.75 Å². The van der Waals surface area contributed by atoms with Gasteiger partial charge in [0.1, 0.15) is 11.6 Å². The van der Waals surface area contributed by atoms with E-state index in [2.05, 4.69) is 23.8 Å². The second-order valence-corrected chi connectivity index (χ2v) is 12.3. The molecule has 0 spiro atoms. The van der Waals surface area contributed by atoms with E-state index in [0.29, 0.717) is 61.2 Å². The fourth-order valence-electron chi connectivity index (χ4n) is 6.93. The number of alkyl halides is 2. The summed E-state index contributed by atoms with van der Waals surface area (Å²) in [5.74, 6) is -5.98. The predicted octanol–water partition coefficient (Wildman–Crippen LogP) is 10.0. The zero-order chi connectivity index (χ0) is 30.6. The first kappa shape index (κ1) is 31.9. The third-order valence-electron chi connectivity index (χ3n) is 9.50. The highest BCUT2D eigenvalue weighted by Crippen LogP contribution is 2.44. The Bertz CT molecular complexity index is 1220. The van der Waals surface area contributed by atoms with Gasteiger partial charge in [-0.3, -0.25) is 0 Å². The van der Waals surface area contributed by atoms with Crippen molar-refractivity contribution in [1.29, 1.82) is 0 Å². The Kier molecular flexibility index (Phi) is 10.4. The minimum Gasteiger partial charge on any atom is -0.432 e. The molecule has 236 valence electrons. The summed E-state index contributed by atoms with van der Waals surface area (Å²) in [5, 5.41) is 0. The van der Waals surface area contributed by atoms with Gasteiger partial charge in [0.05, 0.1) is 19.1 Å². The van der Waals surface area contributed by atoms with Crippen LogP contribution < -0.4 is 4.74 Å². The van der Waals surface area contributed by atoms with Crippen LogP contribution in [0, 0.1) is 46.9 Å². The van der Waals surface area contributed by atoms with E-state index in [1.165, 1.54) is 31.7 Å². The lowest BCUT2D eigenvalue weighted by molar-refractivity contribution is -0.222. The molecule has 0 amide bonds. The maximum atomic E-state index is 15.2. The van der Waals surface area contributed by atoms with Gasteiger partial charge >= 0.3 is 6.11 Å². The number of halogens is 6. The molecule has 1 heterocycles. The molecule has 0 atom stereocenters. The SMILES string of the molecule is CC/C=C\CC1CCC(C2COC(c3ccc(C4CCC(C(F)(F)Oc5cc(F)c(F)c(F)c5)CC4)c(F)c3)OC2)CC1. The maximum Gasteiger partial charge on any atom is 0.400 e. The van der Waals surface area contributed by atoms with Crippen molar-refractivity contribution in [2.24, 2.45) is 23.7 Å². The summed E-state index contributed by atoms with van der Waals surface area (Å²) < 4.78 is 101. The van der Waals surface area contributed by atoms with Crippen LogP contribution in [0.25, 0.3) is 0 Å². The molecule has 5 rings (SSSR count). The molecule has 3 fully saturated rings. The molecule has 2 aromatic carbocycles. The molecule has 0 N–H and O–H groups in total. The van der Waals surface area contributed by atoms with Crippen molar-refractivity contribution in [2.45, 2.75) is 89.4 Å². The molecule has 43 heavy (non-hydrogen) atoms.